The number of Topliss-reactive ketones (excluding diaryl/α,β-unsaturated/α-hetero) is 1. The van der Waals surface area contributed by atoms with Crippen LogP contribution in [0.3, 0.4) is 0 Å². The van der Waals surface area contributed by atoms with Gasteiger partial charge in [-0.2, -0.15) is 0 Å². The van der Waals surface area contributed by atoms with Crippen LogP contribution in [0.25, 0.3) is 22.2 Å². The van der Waals surface area contributed by atoms with Crippen LogP contribution >= 0.6 is 15.9 Å². The first-order chi connectivity index (χ1) is 16.1. The van der Waals surface area contributed by atoms with Gasteiger partial charge in [-0.1, -0.05) is 29.8 Å². The van der Waals surface area contributed by atoms with E-state index in [4.69, 9.17) is 9.47 Å². The molecule has 34 heavy (non-hydrogen) atoms. The molecular weight excluding hydrogens is 496 g/mol. The Morgan fingerprint density at radius 2 is 2.03 bits per heavy atom. The lowest BCUT2D eigenvalue weighted by Crippen LogP contribution is -2.28. The third kappa shape index (κ3) is 4.82. The lowest BCUT2D eigenvalue weighted by atomic mass is 9.84. The van der Waals surface area contributed by atoms with Crippen molar-refractivity contribution in [3.63, 3.8) is 0 Å². The predicted octanol–water partition coefficient (Wildman–Crippen LogP) is 6.21. The number of carbonyl (C=O) groups excluding carboxylic acids is 2. The summed E-state index contributed by atoms with van der Waals surface area (Å²) in [5, 5.41) is 1.12. The number of aromatic nitrogens is 2. The van der Waals surface area contributed by atoms with Crippen molar-refractivity contribution in [2.75, 3.05) is 13.7 Å². The minimum absolute atomic E-state index is 0.0995. The number of methoxy groups -OCH3 is 1. The number of hydrogen-bond acceptors (Lipinski definition) is 5. The normalized spacial score (nSPS) is 15.4. The molecule has 6 nitrogen and oxygen atoms in total. The molecule has 180 valence electrons. The van der Waals surface area contributed by atoms with Gasteiger partial charge in [0.1, 0.15) is 5.78 Å². The van der Waals surface area contributed by atoms with E-state index in [2.05, 4.69) is 57.5 Å². The average Bonchev–Trinajstić information content (AvgIpc) is 3.07. The molecule has 0 aliphatic heterocycles. The van der Waals surface area contributed by atoms with E-state index in [9.17, 15) is 9.59 Å². The first-order valence-electron chi connectivity index (χ1n) is 11.6. The number of hydrogen-bond donors (Lipinski definition) is 0. The number of fused-ring (bicyclic) bond motifs is 1. The van der Waals surface area contributed by atoms with Crippen LogP contribution in [0.4, 0.5) is 0 Å². The zero-order valence-corrected chi connectivity index (χ0v) is 21.9. The summed E-state index contributed by atoms with van der Waals surface area (Å²) >= 11 is 3.65. The molecule has 3 aromatic rings. The smallest absolute Gasteiger partial charge is 0.302 e. The van der Waals surface area contributed by atoms with Gasteiger partial charge in [0.15, 0.2) is 0 Å². The molecule has 7 heteroatoms. The van der Waals surface area contributed by atoms with Crippen LogP contribution in [0.5, 0.6) is 0 Å². The Balaban J connectivity index is 1.99. The fraction of sp³-hybridized carbons (Fsp3) is 0.444. The number of pyridine rings is 1. The Hall–Kier alpha value is -2.51. The molecule has 1 saturated carbocycles. The maximum Gasteiger partial charge on any atom is 0.302 e. The number of ether oxygens (including phenoxy) is 2. The first-order valence-corrected chi connectivity index (χ1v) is 12.4. The molecule has 0 spiro atoms. The van der Waals surface area contributed by atoms with Crippen molar-refractivity contribution in [3.05, 3.63) is 52.3 Å². The summed E-state index contributed by atoms with van der Waals surface area (Å²) in [6.45, 7) is 7.96. The molecule has 2 aromatic heterocycles. The van der Waals surface area contributed by atoms with E-state index in [1.165, 1.54) is 6.92 Å². The number of rotatable bonds is 8. The molecule has 1 fully saturated rings. The molecule has 0 bridgehead atoms. The molecule has 0 N–H and O–H groups in total. The maximum atomic E-state index is 12.0. The molecule has 1 unspecified atom stereocenters. The van der Waals surface area contributed by atoms with Gasteiger partial charge in [0.2, 0.25) is 0 Å². The third-order valence-corrected chi connectivity index (χ3v) is 7.01. The number of ketones is 1. The Morgan fingerprint density at radius 1 is 1.29 bits per heavy atom. The second-order valence-corrected chi connectivity index (χ2v) is 10.8. The van der Waals surface area contributed by atoms with Crippen LogP contribution in [0.15, 0.2) is 41.0 Å². The quantitative estimate of drug-likeness (QED) is 0.326. The van der Waals surface area contributed by atoms with Gasteiger partial charge in [0.25, 0.3) is 0 Å². The fourth-order valence-electron chi connectivity index (χ4n) is 4.73. The molecule has 0 saturated heterocycles. The van der Waals surface area contributed by atoms with E-state index in [0.717, 1.165) is 37.9 Å². The largest absolute Gasteiger partial charge is 0.465 e. The third-order valence-electron chi connectivity index (χ3n) is 6.52. The standard InChI is InChI=1S/C27H31BrN2O4/c1-16(33-5)25-21(7-6-10-29-25)26-23(14-27(3,4)15-34-17(2)31)22-11-18(28)8-9-24(22)30(26)19-12-20(32)13-19/h6-11,16,19H,12-15H2,1-5H3. The van der Waals surface area contributed by atoms with Crippen molar-refractivity contribution in [2.45, 2.75) is 59.1 Å². The highest BCUT2D eigenvalue weighted by Crippen LogP contribution is 2.45. The Bertz CT molecular complexity index is 1240. The second-order valence-electron chi connectivity index (χ2n) is 9.89. The number of carbonyl (C=O) groups is 2. The van der Waals surface area contributed by atoms with Crippen molar-refractivity contribution >= 4 is 38.6 Å². The molecule has 2 heterocycles. The van der Waals surface area contributed by atoms with Crippen molar-refractivity contribution in [1.82, 2.24) is 9.55 Å². The van der Waals surface area contributed by atoms with Crippen molar-refractivity contribution in [2.24, 2.45) is 5.41 Å². The molecule has 0 radical (unpaired) electrons. The predicted molar refractivity (Wildman–Crippen MR) is 136 cm³/mol. The van der Waals surface area contributed by atoms with Crippen molar-refractivity contribution in [3.8, 4) is 11.3 Å². The van der Waals surface area contributed by atoms with Crippen LogP contribution in [-0.2, 0) is 25.5 Å². The van der Waals surface area contributed by atoms with E-state index in [0.29, 0.717) is 25.9 Å². The summed E-state index contributed by atoms with van der Waals surface area (Å²) in [5.74, 6) is -0.00163. The van der Waals surface area contributed by atoms with Gasteiger partial charge in [-0.15, -0.1) is 0 Å². The highest BCUT2D eigenvalue weighted by molar-refractivity contribution is 9.10. The number of nitrogens with zero attached hydrogens (tertiary/aromatic N) is 2. The zero-order valence-electron chi connectivity index (χ0n) is 20.4. The molecule has 1 aromatic carbocycles. The van der Waals surface area contributed by atoms with Gasteiger partial charge >= 0.3 is 5.97 Å². The van der Waals surface area contributed by atoms with E-state index in [-0.39, 0.29) is 29.3 Å². The van der Waals surface area contributed by atoms with Crippen molar-refractivity contribution in [1.29, 1.82) is 0 Å². The van der Waals surface area contributed by atoms with E-state index >= 15 is 0 Å². The lowest BCUT2D eigenvalue weighted by molar-refractivity contribution is -0.144. The van der Waals surface area contributed by atoms with Gasteiger partial charge in [-0.05, 0) is 49.2 Å². The number of esters is 1. The minimum Gasteiger partial charge on any atom is -0.465 e. The van der Waals surface area contributed by atoms with E-state index < -0.39 is 0 Å². The summed E-state index contributed by atoms with van der Waals surface area (Å²) in [7, 11) is 1.68. The summed E-state index contributed by atoms with van der Waals surface area (Å²) < 4.78 is 14.4. The van der Waals surface area contributed by atoms with Gasteiger partial charge in [0.05, 0.1) is 24.1 Å². The summed E-state index contributed by atoms with van der Waals surface area (Å²) in [6.07, 6.45) is 3.33. The topological polar surface area (TPSA) is 70.4 Å². The van der Waals surface area contributed by atoms with Gasteiger partial charge in [0, 0.05) is 65.5 Å². The van der Waals surface area contributed by atoms with E-state index in [1.54, 1.807) is 13.3 Å². The van der Waals surface area contributed by atoms with E-state index in [1.807, 2.05) is 19.1 Å². The Labute approximate surface area is 208 Å². The van der Waals surface area contributed by atoms with Crippen molar-refractivity contribution < 1.29 is 19.1 Å². The summed E-state index contributed by atoms with van der Waals surface area (Å²) in [5.41, 5.74) is 4.87. The molecule has 4 rings (SSSR count). The first kappa shape index (κ1) is 24.6. The molecule has 1 aliphatic carbocycles. The fourth-order valence-corrected chi connectivity index (χ4v) is 5.09. The molecular formula is C27H31BrN2O4. The lowest BCUT2D eigenvalue weighted by Gasteiger charge is -2.30. The highest BCUT2D eigenvalue weighted by atomic mass is 79.9. The average molecular weight is 527 g/mol. The number of halogens is 1. The highest BCUT2D eigenvalue weighted by Gasteiger charge is 2.35. The molecule has 0 amide bonds. The van der Waals surface area contributed by atoms with Crippen LogP contribution < -0.4 is 0 Å². The monoisotopic (exact) mass is 526 g/mol. The SMILES string of the molecule is COC(C)c1ncccc1-c1c(CC(C)(C)COC(C)=O)c2cc(Br)ccc2n1C1CC(=O)C1. The Kier molecular flexibility index (Phi) is 6.97. The molecule has 1 atom stereocenters. The number of benzene rings is 1. The van der Waals surface area contributed by atoms with Crippen LogP contribution in [0.1, 0.15) is 63.9 Å². The Morgan fingerprint density at radius 3 is 2.68 bits per heavy atom. The zero-order chi connectivity index (χ0) is 24.6. The summed E-state index contributed by atoms with van der Waals surface area (Å²) in [4.78, 5) is 28.2. The summed E-state index contributed by atoms with van der Waals surface area (Å²) in [6, 6.07) is 10.4. The second kappa shape index (κ2) is 9.62. The van der Waals surface area contributed by atoms with Crippen LogP contribution in [-0.4, -0.2) is 35.0 Å². The maximum absolute atomic E-state index is 12.0. The van der Waals surface area contributed by atoms with Gasteiger partial charge in [-0.25, -0.2) is 0 Å². The van der Waals surface area contributed by atoms with Crippen LogP contribution in [0.2, 0.25) is 0 Å². The van der Waals surface area contributed by atoms with Gasteiger partial charge < -0.3 is 14.0 Å². The van der Waals surface area contributed by atoms with Crippen LogP contribution in [0, 0.1) is 5.41 Å². The molecule has 1 aliphatic rings. The minimum atomic E-state index is -0.299. The van der Waals surface area contributed by atoms with Gasteiger partial charge in [-0.3, -0.25) is 14.6 Å².